The summed E-state index contributed by atoms with van der Waals surface area (Å²) in [5, 5.41) is 8.77. The van der Waals surface area contributed by atoms with Crippen molar-refractivity contribution in [2.45, 2.75) is 12.6 Å². The van der Waals surface area contributed by atoms with E-state index in [4.69, 9.17) is 5.11 Å². The van der Waals surface area contributed by atoms with Gasteiger partial charge < -0.3 is 5.11 Å². The fourth-order valence-electron chi connectivity index (χ4n) is 0.845. The smallest absolute Gasteiger partial charge is 0.393 e. The summed E-state index contributed by atoms with van der Waals surface area (Å²) in [5.74, 6) is -0.0269. The van der Waals surface area contributed by atoms with Crippen LogP contribution in [-0.4, -0.2) is 11.3 Å². The van der Waals surface area contributed by atoms with Crippen molar-refractivity contribution in [3.05, 3.63) is 29.8 Å². The van der Waals surface area contributed by atoms with Crippen LogP contribution in [0.4, 0.5) is 13.2 Å². The standard InChI is InChI=1S/C8H7F3O.Zr/c9-8(10,11)5-6-1-3-7(12)4-2-6;/h1-4,12H,5H2;. The molecule has 0 saturated carbocycles. The zero-order valence-electron chi connectivity index (χ0n) is 6.60. The molecule has 0 heterocycles. The van der Waals surface area contributed by atoms with Crippen LogP contribution in [0.15, 0.2) is 24.3 Å². The number of hydrogen-bond acceptors (Lipinski definition) is 1. The van der Waals surface area contributed by atoms with Crippen LogP contribution >= 0.6 is 0 Å². The van der Waals surface area contributed by atoms with Crippen molar-refractivity contribution in [1.82, 2.24) is 0 Å². The average molecular weight is 267 g/mol. The number of rotatable bonds is 1. The van der Waals surface area contributed by atoms with E-state index in [1.807, 2.05) is 0 Å². The van der Waals surface area contributed by atoms with Crippen LogP contribution in [0.25, 0.3) is 0 Å². The predicted octanol–water partition coefficient (Wildman–Crippen LogP) is 2.49. The second-order valence-corrected chi connectivity index (χ2v) is 2.46. The SMILES string of the molecule is Oc1ccc(CC(F)(F)F)cc1.[Zr]. The number of hydrogen-bond donors (Lipinski definition) is 1. The number of phenols is 1. The molecule has 0 spiro atoms. The van der Waals surface area contributed by atoms with E-state index in [1.54, 1.807) is 0 Å². The molecule has 0 aliphatic carbocycles. The molecule has 70 valence electrons. The van der Waals surface area contributed by atoms with Gasteiger partial charge in [-0.1, -0.05) is 12.1 Å². The fourth-order valence-corrected chi connectivity index (χ4v) is 0.845. The molecule has 1 N–H and O–H groups in total. The summed E-state index contributed by atoms with van der Waals surface area (Å²) in [6, 6.07) is 4.98. The molecule has 5 heteroatoms. The van der Waals surface area contributed by atoms with Crippen molar-refractivity contribution in [3.8, 4) is 5.75 Å². The molecule has 1 nitrogen and oxygen atoms in total. The largest absolute Gasteiger partial charge is 0.508 e. The number of aromatic hydroxyl groups is 1. The van der Waals surface area contributed by atoms with E-state index in [-0.39, 0.29) is 37.5 Å². The molecule has 1 rings (SSSR count). The van der Waals surface area contributed by atoms with Gasteiger partial charge >= 0.3 is 6.18 Å². The van der Waals surface area contributed by atoms with E-state index in [9.17, 15) is 13.2 Å². The third-order valence-corrected chi connectivity index (χ3v) is 1.34. The van der Waals surface area contributed by atoms with Crippen LogP contribution in [0.5, 0.6) is 5.75 Å². The number of phenolic OH excluding ortho intramolecular Hbond substituents is 1. The average Bonchev–Trinajstić information content (AvgIpc) is 1.91. The Morgan fingerprint density at radius 2 is 1.54 bits per heavy atom. The Kier molecular flexibility index (Phi) is 4.68. The van der Waals surface area contributed by atoms with Crippen LogP contribution in [0, 0.1) is 0 Å². The molecule has 13 heavy (non-hydrogen) atoms. The van der Waals surface area contributed by atoms with Gasteiger partial charge in [0, 0.05) is 26.2 Å². The summed E-state index contributed by atoms with van der Waals surface area (Å²) in [7, 11) is 0. The summed E-state index contributed by atoms with van der Waals surface area (Å²) in [6.45, 7) is 0. The number of benzene rings is 1. The van der Waals surface area contributed by atoms with Gasteiger partial charge in [0.15, 0.2) is 0 Å². The van der Waals surface area contributed by atoms with Crippen LogP contribution < -0.4 is 0 Å². The minimum atomic E-state index is -4.18. The summed E-state index contributed by atoms with van der Waals surface area (Å²) >= 11 is 0. The molecule has 0 radical (unpaired) electrons. The zero-order valence-corrected chi connectivity index (χ0v) is 9.06. The summed E-state index contributed by atoms with van der Waals surface area (Å²) in [4.78, 5) is 0. The molecule has 0 saturated heterocycles. The minimum absolute atomic E-state index is 0. The summed E-state index contributed by atoms with van der Waals surface area (Å²) in [6.07, 6.45) is -5.13. The maximum Gasteiger partial charge on any atom is 0.393 e. The molecule has 1 aromatic carbocycles. The predicted molar refractivity (Wildman–Crippen MR) is 37.9 cm³/mol. The van der Waals surface area contributed by atoms with Gasteiger partial charge in [-0.25, -0.2) is 0 Å². The first-order valence-electron chi connectivity index (χ1n) is 3.32. The Balaban J connectivity index is 0.00000144. The Hall–Kier alpha value is -0.307. The molecule has 0 aliphatic heterocycles. The second-order valence-electron chi connectivity index (χ2n) is 2.46. The number of alkyl halides is 3. The van der Waals surface area contributed by atoms with Gasteiger partial charge in [-0.15, -0.1) is 0 Å². The third kappa shape index (κ3) is 5.09. The molecule has 0 atom stereocenters. The summed E-state index contributed by atoms with van der Waals surface area (Å²) in [5.41, 5.74) is 0.153. The Morgan fingerprint density at radius 1 is 1.08 bits per heavy atom. The Bertz CT molecular complexity index is 255. The topological polar surface area (TPSA) is 20.2 Å². The van der Waals surface area contributed by atoms with E-state index in [0.29, 0.717) is 0 Å². The first-order chi connectivity index (χ1) is 5.47. The fraction of sp³-hybridized carbons (Fsp3) is 0.250. The second kappa shape index (κ2) is 4.80. The van der Waals surface area contributed by atoms with Gasteiger partial charge in [0.2, 0.25) is 0 Å². The van der Waals surface area contributed by atoms with Crippen molar-refractivity contribution in [2.75, 3.05) is 0 Å². The van der Waals surface area contributed by atoms with Gasteiger partial charge in [-0.2, -0.15) is 13.2 Å². The van der Waals surface area contributed by atoms with E-state index in [1.165, 1.54) is 24.3 Å². The van der Waals surface area contributed by atoms with Crippen LogP contribution in [0.2, 0.25) is 0 Å². The maximum absolute atomic E-state index is 11.8. The Morgan fingerprint density at radius 3 is 1.92 bits per heavy atom. The van der Waals surface area contributed by atoms with Crippen molar-refractivity contribution in [3.63, 3.8) is 0 Å². The third-order valence-electron chi connectivity index (χ3n) is 1.34. The number of halogens is 3. The maximum atomic E-state index is 11.8. The van der Waals surface area contributed by atoms with Crippen LogP contribution in [0.3, 0.4) is 0 Å². The van der Waals surface area contributed by atoms with Crippen molar-refractivity contribution < 1.29 is 44.5 Å². The van der Waals surface area contributed by atoms with Gasteiger partial charge in [0.1, 0.15) is 5.75 Å². The minimum Gasteiger partial charge on any atom is -0.508 e. The summed E-state index contributed by atoms with van der Waals surface area (Å²) < 4.78 is 35.3. The molecule has 0 amide bonds. The van der Waals surface area contributed by atoms with Crippen LogP contribution in [0.1, 0.15) is 5.56 Å². The molecule has 0 unspecified atom stereocenters. The van der Waals surface area contributed by atoms with E-state index < -0.39 is 12.6 Å². The molecule has 1 aromatic rings. The molecular formula is C8H7F3OZr. The van der Waals surface area contributed by atoms with Crippen molar-refractivity contribution >= 4 is 0 Å². The van der Waals surface area contributed by atoms with Gasteiger partial charge in [0.25, 0.3) is 0 Å². The molecule has 0 bridgehead atoms. The van der Waals surface area contributed by atoms with Gasteiger partial charge in [0.05, 0.1) is 6.42 Å². The Labute approximate surface area is 92.7 Å². The van der Waals surface area contributed by atoms with Gasteiger partial charge in [-0.3, -0.25) is 0 Å². The quantitative estimate of drug-likeness (QED) is 0.829. The molecular weight excluding hydrogens is 260 g/mol. The van der Waals surface area contributed by atoms with Gasteiger partial charge in [-0.05, 0) is 17.7 Å². The molecule has 0 aliphatic rings. The van der Waals surface area contributed by atoms with Crippen LogP contribution in [-0.2, 0) is 32.6 Å². The normalized spacial score (nSPS) is 10.7. The molecule has 0 fully saturated rings. The first kappa shape index (κ1) is 12.7. The molecule has 0 aromatic heterocycles. The zero-order chi connectivity index (χ0) is 9.19. The van der Waals surface area contributed by atoms with Crippen molar-refractivity contribution in [1.29, 1.82) is 0 Å². The first-order valence-corrected chi connectivity index (χ1v) is 3.32. The van der Waals surface area contributed by atoms with Crippen molar-refractivity contribution in [2.24, 2.45) is 0 Å². The monoisotopic (exact) mass is 266 g/mol. The van der Waals surface area contributed by atoms with E-state index in [0.717, 1.165) is 0 Å². The van der Waals surface area contributed by atoms with E-state index >= 15 is 0 Å². The van der Waals surface area contributed by atoms with E-state index in [2.05, 4.69) is 0 Å².